The second-order valence-electron chi connectivity index (χ2n) is 19.5. The Morgan fingerprint density at radius 1 is 0.300 bits per heavy atom. The minimum atomic E-state index is -0.789. The summed E-state index contributed by atoms with van der Waals surface area (Å²) in [7, 11) is 0. The zero-order valence-corrected chi connectivity index (χ0v) is 46.0. The van der Waals surface area contributed by atoms with Crippen molar-refractivity contribution in [3.63, 3.8) is 0 Å². The molecule has 0 aliphatic carbocycles. The lowest BCUT2D eigenvalue weighted by molar-refractivity contribution is -0.167. The van der Waals surface area contributed by atoms with E-state index >= 15 is 0 Å². The second-order valence-corrected chi connectivity index (χ2v) is 19.5. The van der Waals surface area contributed by atoms with E-state index in [0.717, 1.165) is 116 Å². The fourth-order valence-electron chi connectivity index (χ4n) is 8.16. The molecule has 0 aromatic carbocycles. The maximum Gasteiger partial charge on any atom is 0.306 e. The summed E-state index contributed by atoms with van der Waals surface area (Å²) in [5, 5.41) is 0. The molecule has 6 nitrogen and oxygen atoms in total. The molecule has 1 atom stereocenters. The average molecular weight is 976 g/mol. The maximum atomic E-state index is 12.9. The van der Waals surface area contributed by atoms with Gasteiger partial charge in [-0.05, 0) is 116 Å². The van der Waals surface area contributed by atoms with Gasteiger partial charge in [-0.25, -0.2) is 0 Å². The second kappa shape index (κ2) is 58.2. The third-order valence-electron chi connectivity index (χ3n) is 12.6. The van der Waals surface area contributed by atoms with E-state index in [1.165, 1.54) is 128 Å². The van der Waals surface area contributed by atoms with Gasteiger partial charge in [0.05, 0.1) is 0 Å². The molecule has 0 aliphatic heterocycles. The van der Waals surface area contributed by atoms with E-state index in [1.54, 1.807) is 0 Å². The summed E-state index contributed by atoms with van der Waals surface area (Å²) in [4.78, 5) is 38.2. The predicted octanol–water partition coefficient (Wildman–Crippen LogP) is 19.9. The van der Waals surface area contributed by atoms with E-state index in [4.69, 9.17) is 14.2 Å². The van der Waals surface area contributed by atoms with Crippen LogP contribution in [0.5, 0.6) is 0 Å². The van der Waals surface area contributed by atoms with Crippen LogP contribution in [0.25, 0.3) is 0 Å². The molecule has 0 aliphatic rings. The first-order valence-electron chi connectivity index (χ1n) is 29.6. The molecule has 0 aromatic rings. The zero-order valence-electron chi connectivity index (χ0n) is 46.0. The molecule has 6 heteroatoms. The van der Waals surface area contributed by atoms with Crippen LogP contribution in [-0.2, 0) is 28.6 Å². The van der Waals surface area contributed by atoms with Gasteiger partial charge in [0.2, 0.25) is 0 Å². The fourth-order valence-corrected chi connectivity index (χ4v) is 8.16. The van der Waals surface area contributed by atoms with Crippen molar-refractivity contribution in [2.45, 2.75) is 290 Å². The average Bonchev–Trinajstić information content (AvgIpc) is 3.36. The number of hydrogen-bond donors (Lipinski definition) is 0. The number of esters is 3. The minimum Gasteiger partial charge on any atom is -0.462 e. The molecule has 0 spiro atoms. The number of rotatable bonds is 53. The van der Waals surface area contributed by atoms with Crippen LogP contribution in [0.3, 0.4) is 0 Å². The molecule has 0 rings (SSSR count). The molecule has 0 saturated carbocycles. The summed E-state index contributed by atoms with van der Waals surface area (Å²) in [5.41, 5.74) is 0. The molecule has 402 valence electrons. The van der Waals surface area contributed by atoms with E-state index in [1.807, 2.05) is 0 Å². The number of carbonyl (C=O) groups is 3. The lowest BCUT2D eigenvalue weighted by Crippen LogP contribution is -2.30. The lowest BCUT2D eigenvalue weighted by Gasteiger charge is -2.18. The maximum absolute atomic E-state index is 12.9. The van der Waals surface area contributed by atoms with E-state index in [-0.39, 0.29) is 31.1 Å². The first-order chi connectivity index (χ1) is 34.5. The van der Waals surface area contributed by atoms with Gasteiger partial charge in [-0.2, -0.15) is 0 Å². The monoisotopic (exact) mass is 975 g/mol. The number of ether oxygens (including phenoxy) is 3. The summed E-state index contributed by atoms with van der Waals surface area (Å²) in [6, 6.07) is 0. The van der Waals surface area contributed by atoms with Gasteiger partial charge in [-0.3, -0.25) is 14.4 Å². The minimum absolute atomic E-state index is 0.0871. The van der Waals surface area contributed by atoms with Gasteiger partial charge < -0.3 is 14.2 Å². The topological polar surface area (TPSA) is 78.9 Å². The Bertz CT molecular complexity index is 1350. The van der Waals surface area contributed by atoms with Crippen molar-refractivity contribution in [1.82, 2.24) is 0 Å². The summed E-state index contributed by atoms with van der Waals surface area (Å²) < 4.78 is 16.9. The van der Waals surface area contributed by atoms with Crippen LogP contribution < -0.4 is 0 Å². The van der Waals surface area contributed by atoms with Crippen LogP contribution in [-0.4, -0.2) is 37.2 Å². The van der Waals surface area contributed by atoms with Crippen molar-refractivity contribution in [3.8, 4) is 0 Å². The predicted molar refractivity (Wildman–Crippen MR) is 302 cm³/mol. The molecule has 0 radical (unpaired) electrons. The SMILES string of the molecule is CC/C=C\C/C=C\C/C=C\C/C=C\C/C=C\CCCCCCCCCC(=O)OCC(COC(=O)CCCCCCC/C=C\CCCCCCC)OC(=O)CCCCCCC/C=C\CCCCCCCC. The summed E-state index contributed by atoms with van der Waals surface area (Å²) in [6.07, 6.45) is 75.7. The molecule has 0 heterocycles. The quantitative estimate of drug-likeness (QED) is 0.0261. The molecular formula is C64H110O6. The van der Waals surface area contributed by atoms with Crippen LogP contribution >= 0.6 is 0 Å². The molecule has 70 heavy (non-hydrogen) atoms. The molecule has 1 unspecified atom stereocenters. The summed E-state index contributed by atoms with van der Waals surface area (Å²) >= 11 is 0. The van der Waals surface area contributed by atoms with Crippen molar-refractivity contribution in [3.05, 3.63) is 85.1 Å². The zero-order chi connectivity index (χ0) is 50.7. The highest BCUT2D eigenvalue weighted by atomic mass is 16.6. The molecular weight excluding hydrogens is 865 g/mol. The first-order valence-corrected chi connectivity index (χ1v) is 29.6. The van der Waals surface area contributed by atoms with Gasteiger partial charge >= 0.3 is 17.9 Å². The van der Waals surface area contributed by atoms with Crippen molar-refractivity contribution in [2.75, 3.05) is 13.2 Å². The van der Waals surface area contributed by atoms with E-state index < -0.39 is 6.10 Å². The Balaban J connectivity index is 4.38. The number of carbonyl (C=O) groups excluding carboxylic acids is 3. The van der Waals surface area contributed by atoms with E-state index in [0.29, 0.717) is 19.3 Å². The van der Waals surface area contributed by atoms with E-state index in [9.17, 15) is 14.4 Å². The van der Waals surface area contributed by atoms with Crippen molar-refractivity contribution < 1.29 is 28.6 Å². The van der Waals surface area contributed by atoms with Crippen molar-refractivity contribution in [2.24, 2.45) is 0 Å². The summed E-state index contributed by atoms with van der Waals surface area (Å²) in [6.45, 7) is 6.50. The highest BCUT2D eigenvalue weighted by Crippen LogP contribution is 2.15. The van der Waals surface area contributed by atoms with Crippen LogP contribution in [0.2, 0.25) is 0 Å². The van der Waals surface area contributed by atoms with Crippen molar-refractivity contribution >= 4 is 17.9 Å². The van der Waals surface area contributed by atoms with Gasteiger partial charge in [0, 0.05) is 19.3 Å². The molecule has 0 fully saturated rings. The Morgan fingerprint density at radius 3 is 0.886 bits per heavy atom. The highest BCUT2D eigenvalue weighted by Gasteiger charge is 2.19. The van der Waals surface area contributed by atoms with Gasteiger partial charge in [0.25, 0.3) is 0 Å². The standard InChI is InChI=1S/C64H110O6/c1-4-7-10-13-16-19-22-25-28-29-30-31-32-33-34-35-37-39-42-45-48-51-54-57-63(66)69-60-61(59-68-62(65)56-53-50-47-44-41-38-27-24-21-18-15-12-9-6-3)70-64(67)58-55-52-49-46-43-40-36-26-23-20-17-14-11-8-5-2/h7,10,16,19,24-28,30-31,33-34,36,61H,4-6,8-9,11-15,17-18,20-23,29,32,35,37-60H2,1-3H3/b10-7-,19-16-,27-24-,28-25-,31-30-,34-33-,36-26-. The van der Waals surface area contributed by atoms with Crippen LogP contribution in [0.15, 0.2) is 85.1 Å². The van der Waals surface area contributed by atoms with Gasteiger partial charge in [-0.1, -0.05) is 234 Å². The van der Waals surface area contributed by atoms with Crippen molar-refractivity contribution in [1.29, 1.82) is 0 Å². The smallest absolute Gasteiger partial charge is 0.306 e. The molecule has 0 saturated heterocycles. The third-order valence-corrected chi connectivity index (χ3v) is 12.6. The molecule has 0 bridgehead atoms. The number of allylic oxidation sites excluding steroid dienone is 14. The Kier molecular flexibility index (Phi) is 55.3. The molecule has 0 N–H and O–H groups in total. The number of hydrogen-bond acceptors (Lipinski definition) is 6. The van der Waals surface area contributed by atoms with Gasteiger partial charge in [-0.15, -0.1) is 0 Å². The normalized spacial score (nSPS) is 12.7. The largest absolute Gasteiger partial charge is 0.462 e. The van der Waals surface area contributed by atoms with Crippen LogP contribution in [0.4, 0.5) is 0 Å². The Morgan fingerprint density at radius 2 is 0.557 bits per heavy atom. The highest BCUT2D eigenvalue weighted by molar-refractivity contribution is 5.71. The number of unbranched alkanes of at least 4 members (excludes halogenated alkanes) is 28. The third kappa shape index (κ3) is 55.5. The van der Waals surface area contributed by atoms with Gasteiger partial charge in [0.1, 0.15) is 13.2 Å². The first kappa shape index (κ1) is 66.6. The van der Waals surface area contributed by atoms with Gasteiger partial charge in [0.15, 0.2) is 6.10 Å². The molecule has 0 amide bonds. The van der Waals surface area contributed by atoms with E-state index in [2.05, 4.69) is 106 Å². The van der Waals surface area contributed by atoms with Crippen LogP contribution in [0, 0.1) is 0 Å². The molecule has 0 aromatic heterocycles. The van der Waals surface area contributed by atoms with Crippen LogP contribution in [0.1, 0.15) is 284 Å². The summed E-state index contributed by atoms with van der Waals surface area (Å²) in [5.74, 6) is -0.908. The fraction of sp³-hybridized carbons (Fsp3) is 0.734. The Labute approximate surface area is 433 Å². The lowest BCUT2D eigenvalue weighted by atomic mass is 10.1. The Hall–Kier alpha value is -3.41.